The van der Waals surface area contributed by atoms with Crippen LogP contribution in [0.1, 0.15) is 17.4 Å². The quantitative estimate of drug-likeness (QED) is 0.698. The van der Waals surface area contributed by atoms with Crippen LogP contribution in [-0.4, -0.2) is 28.1 Å². The fraction of sp³-hybridized carbons (Fsp3) is 0.167. The van der Waals surface area contributed by atoms with E-state index in [2.05, 4.69) is 15.7 Å². The molecule has 0 aliphatic carbocycles. The monoisotopic (exact) mass is 338 g/mol. The first-order valence-electron chi connectivity index (χ1n) is 7.82. The van der Waals surface area contributed by atoms with E-state index in [0.29, 0.717) is 11.4 Å². The van der Waals surface area contributed by atoms with Gasteiger partial charge in [-0.05, 0) is 37.3 Å². The zero-order chi connectivity index (χ0) is 17.6. The minimum Gasteiger partial charge on any atom is -0.467 e. The Labute approximate surface area is 144 Å². The fourth-order valence-electron chi connectivity index (χ4n) is 2.36. The van der Waals surface area contributed by atoms with Gasteiger partial charge in [-0.1, -0.05) is 17.7 Å². The molecule has 7 nitrogen and oxygen atoms in total. The normalized spacial score (nSPS) is 11.7. The zero-order valence-corrected chi connectivity index (χ0v) is 13.7. The Bertz CT molecular complexity index is 790. The predicted molar refractivity (Wildman–Crippen MR) is 91.9 cm³/mol. The van der Waals surface area contributed by atoms with Gasteiger partial charge in [0.05, 0.1) is 6.26 Å². The fourth-order valence-corrected chi connectivity index (χ4v) is 2.36. The molecular weight excluding hydrogens is 320 g/mol. The van der Waals surface area contributed by atoms with Crippen molar-refractivity contribution < 1.29 is 14.0 Å². The average molecular weight is 338 g/mol. The summed E-state index contributed by atoms with van der Waals surface area (Å²) >= 11 is 0. The summed E-state index contributed by atoms with van der Waals surface area (Å²) < 4.78 is 7.07. The molecule has 25 heavy (non-hydrogen) atoms. The largest absolute Gasteiger partial charge is 0.467 e. The van der Waals surface area contributed by atoms with Gasteiger partial charge in [0.1, 0.15) is 11.8 Å². The standard InChI is InChI=1S/C18H18N4O3/c1-13-5-7-14(8-6-13)21-18(24)17(23)19-12-15(16-4-2-11-25-16)22-10-3-9-20-22/h2-11,15H,12H2,1H3,(H,19,23)(H,21,24). The molecule has 2 N–H and O–H groups in total. The second-order valence-corrected chi connectivity index (χ2v) is 5.55. The lowest BCUT2D eigenvalue weighted by atomic mass is 10.2. The highest BCUT2D eigenvalue weighted by Crippen LogP contribution is 2.17. The van der Waals surface area contributed by atoms with Crippen molar-refractivity contribution in [2.45, 2.75) is 13.0 Å². The first-order chi connectivity index (χ1) is 12.1. The van der Waals surface area contributed by atoms with Gasteiger partial charge >= 0.3 is 11.8 Å². The van der Waals surface area contributed by atoms with Crippen LogP contribution in [0, 0.1) is 6.92 Å². The van der Waals surface area contributed by atoms with E-state index in [4.69, 9.17) is 4.42 Å². The summed E-state index contributed by atoms with van der Waals surface area (Å²) in [6.07, 6.45) is 4.96. The Morgan fingerprint density at radius 3 is 2.60 bits per heavy atom. The summed E-state index contributed by atoms with van der Waals surface area (Å²) in [5.74, 6) is -0.797. The number of nitrogens with one attached hydrogen (secondary N) is 2. The molecule has 3 aromatic rings. The van der Waals surface area contributed by atoms with E-state index >= 15 is 0 Å². The van der Waals surface area contributed by atoms with Crippen LogP contribution in [0.25, 0.3) is 0 Å². The summed E-state index contributed by atoms with van der Waals surface area (Å²) in [7, 11) is 0. The molecule has 7 heteroatoms. The van der Waals surface area contributed by atoms with E-state index < -0.39 is 11.8 Å². The summed E-state index contributed by atoms with van der Waals surface area (Å²) in [5.41, 5.74) is 1.64. The molecule has 128 valence electrons. The number of carbonyl (C=O) groups is 2. The van der Waals surface area contributed by atoms with Gasteiger partial charge in [-0.2, -0.15) is 5.10 Å². The topological polar surface area (TPSA) is 89.2 Å². The van der Waals surface area contributed by atoms with Crippen LogP contribution in [0.4, 0.5) is 5.69 Å². The molecule has 0 radical (unpaired) electrons. The SMILES string of the molecule is Cc1ccc(NC(=O)C(=O)NCC(c2ccco2)n2cccn2)cc1. The van der Waals surface area contributed by atoms with Crippen LogP contribution in [0.5, 0.6) is 0 Å². The number of benzene rings is 1. The molecule has 0 fully saturated rings. The molecule has 0 aliphatic heterocycles. The van der Waals surface area contributed by atoms with Crippen molar-refractivity contribution in [2.75, 3.05) is 11.9 Å². The number of aromatic nitrogens is 2. The Morgan fingerprint density at radius 2 is 1.96 bits per heavy atom. The van der Waals surface area contributed by atoms with E-state index in [1.165, 1.54) is 0 Å². The summed E-state index contributed by atoms with van der Waals surface area (Å²) in [6.45, 7) is 2.12. The lowest BCUT2D eigenvalue weighted by Crippen LogP contribution is -2.38. The molecule has 0 aliphatic rings. The molecule has 1 atom stereocenters. The molecule has 3 rings (SSSR count). The third-order valence-electron chi connectivity index (χ3n) is 3.69. The number of rotatable bonds is 5. The van der Waals surface area contributed by atoms with Crippen molar-refractivity contribution >= 4 is 17.5 Å². The van der Waals surface area contributed by atoms with E-state index in [0.717, 1.165) is 5.56 Å². The molecule has 2 heterocycles. The van der Waals surface area contributed by atoms with Gasteiger partial charge in [0.25, 0.3) is 0 Å². The molecule has 1 unspecified atom stereocenters. The van der Waals surface area contributed by atoms with Crippen molar-refractivity contribution in [3.05, 3.63) is 72.4 Å². The lowest BCUT2D eigenvalue weighted by Gasteiger charge is -2.16. The van der Waals surface area contributed by atoms with Gasteiger partial charge in [-0.3, -0.25) is 14.3 Å². The highest BCUT2D eigenvalue weighted by molar-refractivity contribution is 6.39. The number of amides is 2. The molecule has 2 aromatic heterocycles. The first-order valence-corrected chi connectivity index (χ1v) is 7.82. The van der Waals surface area contributed by atoms with Crippen LogP contribution >= 0.6 is 0 Å². The predicted octanol–water partition coefficient (Wildman–Crippen LogP) is 2.13. The van der Waals surface area contributed by atoms with Crippen LogP contribution in [0.3, 0.4) is 0 Å². The minimum absolute atomic E-state index is 0.176. The maximum atomic E-state index is 12.1. The van der Waals surface area contributed by atoms with Gasteiger partial charge in [-0.15, -0.1) is 0 Å². The van der Waals surface area contributed by atoms with Crippen LogP contribution in [0.15, 0.2) is 65.5 Å². The summed E-state index contributed by atoms with van der Waals surface area (Å²) in [4.78, 5) is 24.1. The molecule has 0 bridgehead atoms. The number of nitrogens with zero attached hydrogens (tertiary/aromatic N) is 2. The number of anilines is 1. The number of hydrogen-bond acceptors (Lipinski definition) is 4. The molecule has 0 saturated carbocycles. The third-order valence-corrected chi connectivity index (χ3v) is 3.69. The van der Waals surface area contributed by atoms with Gasteiger partial charge in [0.2, 0.25) is 0 Å². The van der Waals surface area contributed by atoms with Gasteiger partial charge in [0.15, 0.2) is 0 Å². The van der Waals surface area contributed by atoms with Crippen LogP contribution < -0.4 is 10.6 Å². The highest BCUT2D eigenvalue weighted by atomic mass is 16.3. The molecular formula is C18H18N4O3. The van der Waals surface area contributed by atoms with Crippen molar-refractivity contribution in [3.63, 3.8) is 0 Å². The minimum atomic E-state index is -0.720. The van der Waals surface area contributed by atoms with Crippen molar-refractivity contribution in [2.24, 2.45) is 0 Å². The van der Waals surface area contributed by atoms with Crippen molar-refractivity contribution in [3.8, 4) is 0 Å². The van der Waals surface area contributed by atoms with Crippen molar-refractivity contribution in [1.82, 2.24) is 15.1 Å². The van der Waals surface area contributed by atoms with E-state index in [1.54, 1.807) is 53.7 Å². The van der Waals surface area contributed by atoms with E-state index in [-0.39, 0.29) is 12.6 Å². The molecule has 1 aromatic carbocycles. The van der Waals surface area contributed by atoms with Crippen LogP contribution in [0.2, 0.25) is 0 Å². The number of aryl methyl sites for hydroxylation is 1. The smallest absolute Gasteiger partial charge is 0.313 e. The van der Waals surface area contributed by atoms with E-state index in [9.17, 15) is 9.59 Å². The Morgan fingerprint density at radius 1 is 1.16 bits per heavy atom. The van der Waals surface area contributed by atoms with Gasteiger partial charge < -0.3 is 15.1 Å². The van der Waals surface area contributed by atoms with Gasteiger partial charge in [0, 0.05) is 24.6 Å². The number of furan rings is 1. The third kappa shape index (κ3) is 4.14. The van der Waals surface area contributed by atoms with Gasteiger partial charge in [-0.25, -0.2) is 0 Å². The Kier molecular flexibility index (Phi) is 4.94. The zero-order valence-electron chi connectivity index (χ0n) is 13.7. The Hall–Kier alpha value is -3.35. The second kappa shape index (κ2) is 7.48. The summed E-state index contributed by atoms with van der Waals surface area (Å²) in [6, 6.07) is 12.2. The second-order valence-electron chi connectivity index (χ2n) is 5.55. The van der Waals surface area contributed by atoms with Crippen molar-refractivity contribution in [1.29, 1.82) is 0 Å². The molecule has 0 saturated heterocycles. The van der Waals surface area contributed by atoms with Crippen LogP contribution in [-0.2, 0) is 9.59 Å². The molecule has 2 amide bonds. The number of carbonyl (C=O) groups excluding carboxylic acids is 2. The Balaban J connectivity index is 1.61. The maximum absolute atomic E-state index is 12.1. The lowest BCUT2D eigenvalue weighted by molar-refractivity contribution is -0.136. The first kappa shape index (κ1) is 16.5. The summed E-state index contributed by atoms with van der Waals surface area (Å²) in [5, 5.41) is 9.36. The maximum Gasteiger partial charge on any atom is 0.313 e. The van der Waals surface area contributed by atoms with E-state index in [1.807, 2.05) is 19.1 Å². The molecule has 0 spiro atoms. The highest BCUT2D eigenvalue weighted by Gasteiger charge is 2.20. The average Bonchev–Trinajstić information content (AvgIpc) is 3.31. The number of hydrogen-bond donors (Lipinski definition) is 2.